The maximum Gasteiger partial charge on any atom is 0.308 e. The second-order valence-electron chi connectivity index (χ2n) is 7.29. The minimum atomic E-state index is -0.865. The van der Waals surface area contributed by atoms with Crippen LogP contribution in [0.25, 0.3) is 11.5 Å². The molecule has 1 aromatic heterocycles. The Labute approximate surface area is 145 Å². The van der Waals surface area contributed by atoms with Crippen LogP contribution >= 0.6 is 0 Å². The normalized spacial score (nSPS) is 17.7. The number of nitrogens with zero attached hydrogens (tertiary/aromatic N) is 3. The van der Waals surface area contributed by atoms with Gasteiger partial charge in [0.1, 0.15) is 0 Å². The molecule has 7 heteroatoms. The predicted molar refractivity (Wildman–Crippen MR) is 90.1 cm³/mol. The summed E-state index contributed by atoms with van der Waals surface area (Å²) in [6.07, 6.45) is 0.470. The Kier molecular flexibility index (Phi) is 4.32. The first-order valence-corrected chi connectivity index (χ1v) is 8.23. The van der Waals surface area contributed by atoms with Gasteiger partial charge in [-0.3, -0.25) is 9.59 Å². The molecule has 1 atom stereocenters. The fourth-order valence-corrected chi connectivity index (χ4v) is 2.81. The number of carboxylic acid groups (broad SMARTS) is 1. The largest absolute Gasteiger partial charge is 0.481 e. The van der Waals surface area contributed by atoms with Gasteiger partial charge in [0.05, 0.1) is 17.0 Å². The molecule has 1 aromatic carbocycles. The lowest BCUT2D eigenvalue weighted by atomic mass is 9.96. The highest BCUT2D eigenvalue weighted by molar-refractivity contribution is 6.00. The average Bonchev–Trinajstić information content (AvgIpc) is 3.23. The van der Waals surface area contributed by atoms with E-state index in [1.165, 1.54) is 0 Å². The second-order valence-corrected chi connectivity index (χ2v) is 7.29. The Morgan fingerprint density at radius 2 is 2.00 bits per heavy atom. The number of carbonyl (C=O) groups is 2. The number of aromatic nitrogens is 2. The number of carboxylic acids is 1. The smallest absolute Gasteiger partial charge is 0.308 e. The first kappa shape index (κ1) is 17.1. The first-order chi connectivity index (χ1) is 11.8. The molecule has 0 aliphatic carbocycles. The molecule has 1 amide bonds. The molecule has 1 aliphatic heterocycles. The average molecular weight is 343 g/mol. The zero-order valence-electron chi connectivity index (χ0n) is 14.5. The van der Waals surface area contributed by atoms with Gasteiger partial charge in [-0.25, -0.2) is 0 Å². The molecule has 3 rings (SSSR count). The molecule has 1 N–H and O–H groups in total. The summed E-state index contributed by atoms with van der Waals surface area (Å²) in [7, 11) is 0. The van der Waals surface area contributed by atoms with Crippen LogP contribution in [0.15, 0.2) is 28.8 Å². The zero-order valence-corrected chi connectivity index (χ0v) is 14.5. The molecule has 7 nitrogen and oxygen atoms in total. The van der Waals surface area contributed by atoms with E-state index in [1.54, 1.807) is 29.2 Å². The predicted octanol–water partition coefficient (Wildman–Crippen LogP) is 2.58. The van der Waals surface area contributed by atoms with Gasteiger partial charge in [0, 0.05) is 18.5 Å². The lowest BCUT2D eigenvalue weighted by Crippen LogP contribution is -2.30. The van der Waals surface area contributed by atoms with E-state index in [4.69, 9.17) is 9.63 Å². The van der Waals surface area contributed by atoms with Gasteiger partial charge in [-0.1, -0.05) is 38.1 Å². The van der Waals surface area contributed by atoms with E-state index in [1.807, 2.05) is 20.8 Å². The van der Waals surface area contributed by atoms with Crippen LogP contribution in [0.3, 0.4) is 0 Å². The monoisotopic (exact) mass is 343 g/mol. The minimum Gasteiger partial charge on any atom is -0.481 e. The molecule has 0 saturated carbocycles. The van der Waals surface area contributed by atoms with Crippen molar-refractivity contribution in [3.63, 3.8) is 0 Å². The third-order valence-corrected chi connectivity index (χ3v) is 4.31. The molecule has 25 heavy (non-hydrogen) atoms. The number of carbonyl (C=O) groups excluding carboxylic acids is 1. The quantitative estimate of drug-likeness (QED) is 0.920. The van der Waals surface area contributed by atoms with Crippen LogP contribution in [0.2, 0.25) is 0 Å². The Bertz CT molecular complexity index is 807. The molecular formula is C18H21N3O4. The van der Waals surface area contributed by atoms with Crippen LogP contribution in [0.1, 0.15) is 43.4 Å². The fourth-order valence-electron chi connectivity index (χ4n) is 2.81. The van der Waals surface area contributed by atoms with Crippen molar-refractivity contribution in [3.8, 4) is 11.5 Å². The standard InChI is InChI=1S/C18H21N3O4/c1-18(2,3)17-19-14(25-20-17)12-6-4-5-7-13(12)15(22)21-9-8-11(10-21)16(23)24/h4-7,11H,8-10H2,1-3H3,(H,23,24). The highest BCUT2D eigenvalue weighted by atomic mass is 16.5. The van der Waals surface area contributed by atoms with Crippen LogP contribution in [0, 0.1) is 5.92 Å². The number of benzene rings is 1. The summed E-state index contributed by atoms with van der Waals surface area (Å²) in [5, 5.41) is 13.1. The van der Waals surface area contributed by atoms with Crippen molar-refractivity contribution in [1.82, 2.24) is 15.0 Å². The van der Waals surface area contributed by atoms with E-state index >= 15 is 0 Å². The lowest BCUT2D eigenvalue weighted by molar-refractivity contribution is -0.141. The van der Waals surface area contributed by atoms with E-state index in [-0.39, 0.29) is 17.9 Å². The maximum absolute atomic E-state index is 12.9. The van der Waals surface area contributed by atoms with Crippen LogP contribution in [0.5, 0.6) is 0 Å². The number of likely N-dealkylation sites (tertiary alicyclic amines) is 1. The Balaban J connectivity index is 1.90. The van der Waals surface area contributed by atoms with Crippen LogP contribution < -0.4 is 0 Å². The molecule has 0 radical (unpaired) electrons. The lowest BCUT2D eigenvalue weighted by Gasteiger charge is -2.17. The summed E-state index contributed by atoms with van der Waals surface area (Å²) in [6, 6.07) is 7.03. The molecule has 1 aliphatic rings. The summed E-state index contributed by atoms with van der Waals surface area (Å²) in [5.74, 6) is -0.725. The summed E-state index contributed by atoms with van der Waals surface area (Å²) in [5.41, 5.74) is 0.747. The van der Waals surface area contributed by atoms with Gasteiger partial charge in [0.15, 0.2) is 5.82 Å². The number of rotatable bonds is 3. The van der Waals surface area contributed by atoms with Gasteiger partial charge >= 0.3 is 5.97 Å². The topological polar surface area (TPSA) is 96.5 Å². The highest BCUT2D eigenvalue weighted by Gasteiger charge is 2.32. The fraction of sp³-hybridized carbons (Fsp3) is 0.444. The van der Waals surface area contributed by atoms with Crippen molar-refractivity contribution in [1.29, 1.82) is 0 Å². The van der Waals surface area contributed by atoms with Crippen molar-refractivity contribution < 1.29 is 19.2 Å². The van der Waals surface area contributed by atoms with Gasteiger partial charge in [0.25, 0.3) is 11.8 Å². The van der Waals surface area contributed by atoms with Crippen molar-refractivity contribution in [2.75, 3.05) is 13.1 Å². The van der Waals surface area contributed by atoms with E-state index < -0.39 is 11.9 Å². The Morgan fingerprint density at radius 3 is 2.60 bits per heavy atom. The molecule has 0 bridgehead atoms. The van der Waals surface area contributed by atoms with Crippen LogP contribution in [-0.2, 0) is 10.2 Å². The van der Waals surface area contributed by atoms with Crippen LogP contribution in [-0.4, -0.2) is 45.1 Å². The van der Waals surface area contributed by atoms with E-state index in [9.17, 15) is 9.59 Å². The molecule has 1 unspecified atom stereocenters. The highest BCUT2D eigenvalue weighted by Crippen LogP contribution is 2.28. The van der Waals surface area contributed by atoms with Crippen molar-refractivity contribution in [3.05, 3.63) is 35.7 Å². The van der Waals surface area contributed by atoms with Gasteiger partial charge < -0.3 is 14.5 Å². The molecule has 0 spiro atoms. The van der Waals surface area contributed by atoms with Gasteiger partial charge in [-0.05, 0) is 18.6 Å². The molecule has 132 valence electrons. The van der Waals surface area contributed by atoms with Crippen molar-refractivity contribution >= 4 is 11.9 Å². The van der Waals surface area contributed by atoms with E-state index in [2.05, 4.69) is 10.1 Å². The third kappa shape index (κ3) is 3.40. The number of aliphatic carboxylic acids is 1. The van der Waals surface area contributed by atoms with Crippen LogP contribution in [0.4, 0.5) is 0 Å². The summed E-state index contributed by atoms with van der Waals surface area (Å²) < 4.78 is 5.36. The van der Waals surface area contributed by atoms with E-state index in [0.29, 0.717) is 35.8 Å². The molecule has 2 aromatic rings. The molecule has 1 fully saturated rings. The maximum atomic E-state index is 12.9. The minimum absolute atomic E-state index is 0.213. The Hall–Kier alpha value is -2.70. The zero-order chi connectivity index (χ0) is 18.2. The SMILES string of the molecule is CC(C)(C)c1noc(-c2ccccc2C(=O)N2CCC(C(=O)O)C2)n1. The summed E-state index contributed by atoms with van der Waals surface area (Å²) in [4.78, 5) is 30.0. The first-order valence-electron chi connectivity index (χ1n) is 8.23. The van der Waals surface area contributed by atoms with Gasteiger partial charge in [-0.2, -0.15) is 4.98 Å². The van der Waals surface area contributed by atoms with Crippen molar-refractivity contribution in [2.45, 2.75) is 32.6 Å². The Morgan fingerprint density at radius 1 is 1.28 bits per heavy atom. The summed E-state index contributed by atoms with van der Waals surface area (Å²) in [6.45, 7) is 6.60. The molecule has 1 saturated heterocycles. The van der Waals surface area contributed by atoms with E-state index in [0.717, 1.165) is 0 Å². The number of hydrogen-bond donors (Lipinski definition) is 1. The van der Waals surface area contributed by atoms with Gasteiger partial charge in [0.2, 0.25) is 0 Å². The number of amides is 1. The molecular weight excluding hydrogens is 322 g/mol. The molecule has 2 heterocycles. The van der Waals surface area contributed by atoms with Gasteiger partial charge in [-0.15, -0.1) is 0 Å². The van der Waals surface area contributed by atoms with Crippen molar-refractivity contribution in [2.24, 2.45) is 5.92 Å². The third-order valence-electron chi connectivity index (χ3n) is 4.31. The summed E-state index contributed by atoms with van der Waals surface area (Å²) >= 11 is 0. The number of hydrogen-bond acceptors (Lipinski definition) is 5. The second kappa shape index (κ2) is 6.31.